The summed E-state index contributed by atoms with van der Waals surface area (Å²) in [4.78, 5) is 8.82. The minimum absolute atomic E-state index is 0.705. The molecule has 1 N–H and O–H groups in total. The molecular formula is C16H21N3O. The van der Waals surface area contributed by atoms with Crippen molar-refractivity contribution in [3.05, 3.63) is 36.7 Å². The van der Waals surface area contributed by atoms with Crippen LogP contribution >= 0.6 is 0 Å². The summed E-state index contributed by atoms with van der Waals surface area (Å²) < 4.78 is 5.61. The van der Waals surface area contributed by atoms with Gasteiger partial charge in [-0.25, -0.2) is 4.98 Å². The Labute approximate surface area is 120 Å². The Morgan fingerprint density at radius 2 is 2.05 bits per heavy atom. The van der Waals surface area contributed by atoms with Gasteiger partial charge >= 0.3 is 0 Å². The molecule has 0 unspecified atom stereocenters. The van der Waals surface area contributed by atoms with E-state index in [4.69, 9.17) is 4.74 Å². The van der Waals surface area contributed by atoms with Crippen molar-refractivity contribution in [1.29, 1.82) is 0 Å². The third kappa shape index (κ3) is 3.95. The van der Waals surface area contributed by atoms with Gasteiger partial charge in [-0.1, -0.05) is 19.9 Å². The molecule has 0 aliphatic carbocycles. The molecule has 2 aromatic heterocycles. The van der Waals surface area contributed by atoms with Crippen molar-refractivity contribution in [2.45, 2.75) is 26.7 Å². The van der Waals surface area contributed by atoms with E-state index in [2.05, 4.69) is 29.1 Å². The number of hydrogen-bond donors (Lipinski definition) is 1. The summed E-state index contributed by atoms with van der Waals surface area (Å²) in [5.41, 5.74) is 1.87. The van der Waals surface area contributed by atoms with Gasteiger partial charge in [0, 0.05) is 18.3 Å². The minimum Gasteiger partial charge on any atom is -0.492 e. The first-order valence-electron chi connectivity index (χ1n) is 7.12. The maximum Gasteiger partial charge on any atom is 0.138 e. The molecule has 0 amide bonds. The average Bonchev–Trinajstić information content (AvgIpc) is 2.51. The Kier molecular flexibility index (Phi) is 5.35. The van der Waals surface area contributed by atoms with Gasteiger partial charge in [-0.15, -0.1) is 0 Å². The van der Waals surface area contributed by atoms with Crippen LogP contribution < -0.4 is 10.1 Å². The monoisotopic (exact) mass is 271 g/mol. The zero-order valence-electron chi connectivity index (χ0n) is 12.1. The molecule has 2 rings (SSSR count). The minimum atomic E-state index is 0.705. The fourth-order valence-electron chi connectivity index (χ4n) is 1.80. The molecule has 0 saturated carbocycles. The molecule has 0 spiro atoms. The van der Waals surface area contributed by atoms with Gasteiger partial charge in [0.1, 0.15) is 11.6 Å². The average molecular weight is 271 g/mol. The van der Waals surface area contributed by atoms with Crippen molar-refractivity contribution in [3.63, 3.8) is 0 Å². The van der Waals surface area contributed by atoms with E-state index < -0.39 is 0 Å². The fraction of sp³-hybridized carbons (Fsp3) is 0.375. The molecule has 0 aliphatic heterocycles. The van der Waals surface area contributed by atoms with Crippen LogP contribution in [0.5, 0.6) is 5.75 Å². The molecule has 0 saturated heterocycles. The first-order valence-corrected chi connectivity index (χ1v) is 7.12. The van der Waals surface area contributed by atoms with Crippen LogP contribution in [0.15, 0.2) is 36.7 Å². The number of anilines is 1. The van der Waals surface area contributed by atoms with Crippen molar-refractivity contribution in [1.82, 2.24) is 9.97 Å². The summed E-state index contributed by atoms with van der Waals surface area (Å²) in [6.45, 7) is 5.85. The summed E-state index contributed by atoms with van der Waals surface area (Å²) in [6, 6.07) is 7.94. The zero-order chi connectivity index (χ0) is 14.2. The number of aromatic nitrogens is 2. The van der Waals surface area contributed by atoms with Crippen LogP contribution in [0.4, 0.5) is 5.82 Å². The topological polar surface area (TPSA) is 47.0 Å². The number of hydrogen-bond acceptors (Lipinski definition) is 4. The summed E-state index contributed by atoms with van der Waals surface area (Å²) >= 11 is 0. The largest absolute Gasteiger partial charge is 0.492 e. The second kappa shape index (κ2) is 7.48. The molecule has 4 nitrogen and oxygen atoms in total. The first-order chi connectivity index (χ1) is 9.83. The summed E-state index contributed by atoms with van der Waals surface area (Å²) in [5, 5.41) is 3.29. The van der Waals surface area contributed by atoms with Gasteiger partial charge in [0.15, 0.2) is 0 Å². The van der Waals surface area contributed by atoms with Gasteiger partial charge in [0.2, 0.25) is 0 Å². The third-order valence-electron chi connectivity index (χ3n) is 2.79. The number of rotatable bonds is 7. The molecule has 0 aromatic carbocycles. The lowest BCUT2D eigenvalue weighted by Crippen LogP contribution is -2.02. The van der Waals surface area contributed by atoms with E-state index in [9.17, 15) is 0 Å². The van der Waals surface area contributed by atoms with Crippen LogP contribution in [-0.4, -0.2) is 23.1 Å². The van der Waals surface area contributed by atoms with Crippen molar-refractivity contribution in [2.75, 3.05) is 18.5 Å². The predicted octanol–water partition coefficient (Wildman–Crippen LogP) is 3.75. The number of ether oxygens (including phenoxy) is 1. The summed E-state index contributed by atoms with van der Waals surface area (Å²) in [6.07, 6.45) is 5.61. The van der Waals surface area contributed by atoms with Crippen LogP contribution in [0, 0.1) is 0 Å². The molecule has 2 aromatic rings. The van der Waals surface area contributed by atoms with E-state index in [1.165, 1.54) is 0 Å². The predicted molar refractivity (Wildman–Crippen MR) is 82.0 cm³/mol. The molecule has 0 fully saturated rings. The number of nitrogens with one attached hydrogen (secondary N) is 1. The van der Waals surface area contributed by atoms with Crippen LogP contribution in [-0.2, 0) is 0 Å². The lowest BCUT2D eigenvalue weighted by Gasteiger charge is -2.08. The van der Waals surface area contributed by atoms with Crippen LogP contribution in [0.25, 0.3) is 11.3 Å². The second-order valence-corrected chi connectivity index (χ2v) is 4.59. The van der Waals surface area contributed by atoms with E-state index in [0.717, 1.165) is 42.2 Å². The van der Waals surface area contributed by atoms with Crippen molar-refractivity contribution >= 4 is 5.82 Å². The maximum absolute atomic E-state index is 5.61. The second-order valence-electron chi connectivity index (χ2n) is 4.59. The SMILES string of the molecule is CCCNc1cccc(-c2cncc(OCCC)c2)n1. The Bertz CT molecular complexity index is 493. The van der Waals surface area contributed by atoms with Gasteiger partial charge in [0.25, 0.3) is 0 Å². The van der Waals surface area contributed by atoms with Crippen LogP contribution in [0.2, 0.25) is 0 Å². The van der Waals surface area contributed by atoms with E-state index >= 15 is 0 Å². The Morgan fingerprint density at radius 3 is 2.85 bits per heavy atom. The summed E-state index contributed by atoms with van der Waals surface area (Å²) in [7, 11) is 0. The highest BCUT2D eigenvalue weighted by molar-refractivity contribution is 5.61. The van der Waals surface area contributed by atoms with Gasteiger partial charge < -0.3 is 10.1 Å². The molecule has 0 aliphatic rings. The lowest BCUT2D eigenvalue weighted by molar-refractivity contribution is 0.316. The Balaban J connectivity index is 2.17. The molecule has 4 heteroatoms. The van der Waals surface area contributed by atoms with E-state index in [1.54, 1.807) is 6.20 Å². The van der Waals surface area contributed by atoms with E-state index in [-0.39, 0.29) is 0 Å². The van der Waals surface area contributed by atoms with Gasteiger partial charge in [0.05, 0.1) is 18.5 Å². The van der Waals surface area contributed by atoms with Crippen molar-refractivity contribution in [2.24, 2.45) is 0 Å². The zero-order valence-corrected chi connectivity index (χ0v) is 12.1. The maximum atomic E-state index is 5.61. The highest BCUT2D eigenvalue weighted by Crippen LogP contribution is 2.22. The molecule has 106 valence electrons. The summed E-state index contributed by atoms with van der Waals surface area (Å²) in [5.74, 6) is 1.68. The molecule has 0 atom stereocenters. The first kappa shape index (κ1) is 14.3. The number of nitrogens with zero attached hydrogens (tertiary/aromatic N) is 2. The molecule has 20 heavy (non-hydrogen) atoms. The smallest absolute Gasteiger partial charge is 0.138 e. The molecular weight excluding hydrogens is 250 g/mol. The van der Waals surface area contributed by atoms with Crippen molar-refractivity contribution < 1.29 is 4.74 Å². The number of pyridine rings is 2. The standard InChI is InChI=1S/C16H21N3O/c1-3-8-18-16-7-5-6-15(19-16)13-10-14(12-17-11-13)20-9-4-2/h5-7,10-12H,3-4,8-9H2,1-2H3,(H,18,19). The highest BCUT2D eigenvalue weighted by atomic mass is 16.5. The lowest BCUT2D eigenvalue weighted by atomic mass is 10.2. The Morgan fingerprint density at radius 1 is 1.15 bits per heavy atom. The Hall–Kier alpha value is -2.10. The highest BCUT2D eigenvalue weighted by Gasteiger charge is 2.03. The van der Waals surface area contributed by atoms with Crippen LogP contribution in [0.3, 0.4) is 0 Å². The molecule has 0 bridgehead atoms. The molecule has 2 heterocycles. The van der Waals surface area contributed by atoms with E-state index in [0.29, 0.717) is 6.61 Å². The van der Waals surface area contributed by atoms with Gasteiger partial charge in [-0.3, -0.25) is 4.98 Å². The fourth-order valence-corrected chi connectivity index (χ4v) is 1.80. The normalized spacial score (nSPS) is 10.3. The van der Waals surface area contributed by atoms with E-state index in [1.807, 2.05) is 30.5 Å². The molecule has 0 radical (unpaired) electrons. The van der Waals surface area contributed by atoms with Gasteiger partial charge in [-0.2, -0.15) is 0 Å². The van der Waals surface area contributed by atoms with Gasteiger partial charge in [-0.05, 0) is 31.0 Å². The quantitative estimate of drug-likeness (QED) is 0.833. The van der Waals surface area contributed by atoms with Crippen molar-refractivity contribution in [3.8, 4) is 17.0 Å². The third-order valence-corrected chi connectivity index (χ3v) is 2.79. The van der Waals surface area contributed by atoms with Crippen LogP contribution in [0.1, 0.15) is 26.7 Å².